The molecule has 2 rings (SSSR count). The van der Waals surface area contributed by atoms with Crippen molar-refractivity contribution in [3.63, 3.8) is 0 Å². The Labute approximate surface area is 108 Å². The van der Waals surface area contributed by atoms with E-state index in [4.69, 9.17) is 40.5 Å². The Kier molecular flexibility index (Phi) is 3.24. The number of hydrogen-bond acceptors (Lipinski definition) is 2. The van der Waals surface area contributed by atoms with Crippen LogP contribution in [0.25, 0.3) is 11.1 Å². The molecule has 0 aliphatic carbocycles. The van der Waals surface area contributed by atoms with Gasteiger partial charge >= 0.3 is 0 Å². The van der Waals surface area contributed by atoms with Crippen molar-refractivity contribution in [2.45, 2.75) is 0 Å². The molecular formula is C11H7Cl3N2. The van der Waals surface area contributed by atoms with E-state index in [1.54, 1.807) is 18.3 Å². The first kappa shape index (κ1) is 11.5. The summed E-state index contributed by atoms with van der Waals surface area (Å²) in [7, 11) is 0. The zero-order chi connectivity index (χ0) is 11.7. The van der Waals surface area contributed by atoms with E-state index in [9.17, 15) is 0 Å². The number of nitrogens with zero attached hydrogens (tertiary/aromatic N) is 1. The van der Waals surface area contributed by atoms with Crippen molar-refractivity contribution in [3.05, 3.63) is 45.5 Å². The second-order valence-electron chi connectivity index (χ2n) is 3.19. The van der Waals surface area contributed by atoms with Crippen LogP contribution in [-0.4, -0.2) is 4.98 Å². The van der Waals surface area contributed by atoms with Gasteiger partial charge in [-0.05, 0) is 12.1 Å². The van der Waals surface area contributed by atoms with E-state index < -0.39 is 0 Å². The van der Waals surface area contributed by atoms with Crippen LogP contribution in [0, 0.1) is 0 Å². The standard InChI is InChI=1S/C11H7Cl3N2/c12-8-3-1-2-7(10(8)14)6-4-9(13)11(15)16-5-6/h1-5H,(H2,15,16). The average molecular weight is 274 g/mol. The normalized spacial score (nSPS) is 10.4. The molecule has 2 nitrogen and oxygen atoms in total. The van der Waals surface area contributed by atoms with Gasteiger partial charge in [0.15, 0.2) is 0 Å². The predicted octanol–water partition coefficient (Wildman–Crippen LogP) is 4.29. The van der Waals surface area contributed by atoms with Gasteiger partial charge < -0.3 is 5.73 Å². The molecule has 0 spiro atoms. The maximum atomic E-state index is 6.09. The first-order chi connectivity index (χ1) is 7.59. The third-order valence-electron chi connectivity index (χ3n) is 2.13. The maximum Gasteiger partial charge on any atom is 0.142 e. The summed E-state index contributed by atoms with van der Waals surface area (Å²) in [5, 5.41) is 1.37. The van der Waals surface area contributed by atoms with Crippen LogP contribution in [0.3, 0.4) is 0 Å². The molecule has 16 heavy (non-hydrogen) atoms. The second-order valence-corrected chi connectivity index (χ2v) is 4.38. The average Bonchev–Trinajstić information content (AvgIpc) is 2.26. The molecule has 0 saturated heterocycles. The minimum absolute atomic E-state index is 0.295. The van der Waals surface area contributed by atoms with E-state index in [2.05, 4.69) is 4.98 Å². The van der Waals surface area contributed by atoms with E-state index in [1.807, 2.05) is 12.1 Å². The number of hydrogen-bond donors (Lipinski definition) is 1. The first-order valence-corrected chi connectivity index (χ1v) is 5.58. The summed E-state index contributed by atoms with van der Waals surface area (Å²) in [6.07, 6.45) is 1.61. The van der Waals surface area contributed by atoms with Crippen molar-refractivity contribution in [2.24, 2.45) is 0 Å². The Balaban J connectivity index is 2.59. The first-order valence-electron chi connectivity index (χ1n) is 4.45. The zero-order valence-corrected chi connectivity index (χ0v) is 10.3. The summed E-state index contributed by atoms with van der Waals surface area (Å²) in [4.78, 5) is 3.97. The molecule has 0 saturated carbocycles. The van der Waals surface area contributed by atoms with Crippen LogP contribution in [0.5, 0.6) is 0 Å². The SMILES string of the molecule is Nc1ncc(-c2cccc(Cl)c2Cl)cc1Cl. The van der Waals surface area contributed by atoms with Gasteiger partial charge in [-0.2, -0.15) is 0 Å². The quantitative estimate of drug-likeness (QED) is 0.842. The van der Waals surface area contributed by atoms with E-state index >= 15 is 0 Å². The van der Waals surface area contributed by atoms with Crippen LogP contribution in [0.2, 0.25) is 15.1 Å². The summed E-state index contributed by atoms with van der Waals surface area (Å²) in [5.41, 5.74) is 7.10. The lowest BCUT2D eigenvalue weighted by atomic mass is 10.1. The van der Waals surface area contributed by atoms with Crippen molar-refractivity contribution in [2.75, 3.05) is 5.73 Å². The summed E-state index contributed by atoms with van der Waals surface area (Å²) in [6, 6.07) is 7.09. The Hall–Kier alpha value is -0.960. The smallest absolute Gasteiger partial charge is 0.142 e. The number of pyridine rings is 1. The highest BCUT2D eigenvalue weighted by Crippen LogP contribution is 2.34. The van der Waals surface area contributed by atoms with Crippen LogP contribution >= 0.6 is 34.8 Å². The molecule has 1 heterocycles. The Morgan fingerprint density at radius 1 is 1.06 bits per heavy atom. The van der Waals surface area contributed by atoms with Gasteiger partial charge in [-0.3, -0.25) is 0 Å². The fourth-order valence-corrected chi connectivity index (χ4v) is 1.90. The van der Waals surface area contributed by atoms with E-state index in [0.717, 1.165) is 11.1 Å². The minimum Gasteiger partial charge on any atom is -0.382 e. The van der Waals surface area contributed by atoms with Crippen molar-refractivity contribution >= 4 is 40.6 Å². The number of anilines is 1. The van der Waals surface area contributed by atoms with Crippen LogP contribution in [0.4, 0.5) is 5.82 Å². The van der Waals surface area contributed by atoms with Crippen LogP contribution in [0.15, 0.2) is 30.5 Å². The molecule has 0 bridgehead atoms. The third-order valence-corrected chi connectivity index (χ3v) is 3.25. The fourth-order valence-electron chi connectivity index (χ4n) is 1.32. The molecule has 0 unspecified atom stereocenters. The lowest BCUT2D eigenvalue weighted by molar-refractivity contribution is 1.34. The van der Waals surface area contributed by atoms with Crippen LogP contribution in [0.1, 0.15) is 0 Å². The largest absolute Gasteiger partial charge is 0.382 e. The number of rotatable bonds is 1. The van der Waals surface area contributed by atoms with Crippen molar-refractivity contribution in [1.29, 1.82) is 0 Å². The van der Waals surface area contributed by atoms with Crippen molar-refractivity contribution < 1.29 is 0 Å². The van der Waals surface area contributed by atoms with Gasteiger partial charge in [0.05, 0.1) is 15.1 Å². The molecule has 2 aromatic rings. The number of aromatic nitrogens is 1. The van der Waals surface area contributed by atoms with Gasteiger partial charge in [-0.25, -0.2) is 4.98 Å². The van der Waals surface area contributed by atoms with Gasteiger partial charge in [0.1, 0.15) is 5.82 Å². The van der Waals surface area contributed by atoms with E-state index in [-0.39, 0.29) is 0 Å². The minimum atomic E-state index is 0.295. The third kappa shape index (κ3) is 2.09. The van der Waals surface area contributed by atoms with E-state index in [0.29, 0.717) is 20.9 Å². The molecule has 0 atom stereocenters. The van der Waals surface area contributed by atoms with Gasteiger partial charge in [-0.1, -0.05) is 46.9 Å². The van der Waals surface area contributed by atoms with Gasteiger partial charge in [0, 0.05) is 17.3 Å². The topological polar surface area (TPSA) is 38.9 Å². The molecular weight excluding hydrogens is 266 g/mol. The van der Waals surface area contributed by atoms with Crippen molar-refractivity contribution in [1.82, 2.24) is 4.98 Å². The Morgan fingerprint density at radius 2 is 1.81 bits per heavy atom. The summed E-state index contributed by atoms with van der Waals surface area (Å²) < 4.78 is 0. The Bertz CT molecular complexity index is 541. The molecule has 0 fully saturated rings. The monoisotopic (exact) mass is 272 g/mol. The number of nitrogen functional groups attached to an aromatic ring is 1. The van der Waals surface area contributed by atoms with Gasteiger partial charge in [0.25, 0.3) is 0 Å². The Morgan fingerprint density at radius 3 is 2.50 bits per heavy atom. The summed E-state index contributed by atoms with van der Waals surface area (Å²) in [5.74, 6) is 0.295. The lowest BCUT2D eigenvalue weighted by Gasteiger charge is -2.06. The predicted molar refractivity (Wildman–Crippen MR) is 69.1 cm³/mol. The molecule has 0 aliphatic rings. The molecule has 1 aromatic heterocycles. The molecule has 82 valence electrons. The highest BCUT2D eigenvalue weighted by atomic mass is 35.5. The highest BCUT2D eigenvalue weighted by molar-refractivity contribution is 6.43. The highest BCUT2D eigenvalue weighted by Gasteiger charge is 2.08. The van der Waals surface area contributed by atoms with Gasteiger partial charge in [-0.15, -0.1) is 0 Å². The lowest BCUT2D eigenvalue weighted by Crippen LogP contribution is -1.91. The van der Waals surface area contributed by atoms with Gasteiger partial charge in [0.2, 0.25) is 0 Å². The molecule has 0 aliphatic heterocycles. The summed E-state index contributed by atoms with van der Waals surface area (Å²) >= 11 is 17.9. The molecule has 2 N–H and O–H groups in total. The molecule has 0 radical (unpaired) electrons. The molecule has 1 aromatic carbocycles. The number of nitrogens with two attached hydrogens (primary N) is 1. The molecule has 0 amide bonds. The number of benzene rings is 1. The van der Waals surface area contributed by atoms with E-state index in [1.165, 1.54) is 0 Å². The van der Waals surface area contributed by atoms with Crippen LogP contribution < -0.4 is 5.73 Å². The van der Waals surface area contributed by atoms with Crippen LogP contribution in [-0.2, 0) is 0 Å². The summed E-state index contributed by atoms with van der Waals surface area (Å²) in [6.45, 7) is 0. The number of halogens is 3. The molecule has 5 heteroatoms. The maximum absolute atomic E-state index is 6.09. The fraction of sp³-hybridized carbons (Fsp3) is 0. The van der Waals surface area contributed by atoms with Crippen molar-refractivity contribution in [3.8, 4) is 11.1 Å². The zero-order valence-electron chi connectivity index (χ0n) is 8.05. The second kappa shape index (κ2) is 4.50.